The Labute approximate surface area is 149 Å². The molecule has 1 amide bonds. The van der Waals surface area contributed by atoms with Crippen LogP contribution in [0.5, 0.6) is 0 Å². The minimum Gasteiger partial charge on any atom is -0.330 e. The molecule has 1 aliphatic heterocycles. The second-order valence-electron chi connectivity index (χ2n) is 6.04. The lowest BCUT2D eigenvalue weighted by Crippen LogP contribution is -2.32. The average molecular weight is 351 g/mol. The minimum absolute atomic E-state index is 0.114. The van der Waals surface area contributed by atoms with E-state index in [-0.39, 0.29) is 18.0 Å². The summed E-state index contributed by atoms with van der Waals surface area (Å²) in [4.78, 5) is 39.5. The van der Waals surface area contributed by atoms with E-state index in [2.05, 4.69) is 20.1 Å². The lowest BCUT2D eigenvalue weighted by molar-refractivity contribution is 0.0737. The molecule has 26 heavy (non-hydrogen) atoms. The molecule has 0 bridgehead atoms. The summed E-state index contributed by atoms with van der Waals surface area (Å²) in [5.41, 5.74) is 0.873. The molecule has 0 saturated heterocycles. The van der Waals surface area contributed by atoms with Crippen molar-refractivity contribution in [2.75, 3.05) is 6.54 Å². The summed E-state index contributed by atoms with van der Waals surface area (Å²) in [5, 5.41) is 4.04. The van der Waals surface area contributed by atoms with E-state index >= 15 is 0 Å². The fourth-order valence-corrected chi connectivity index (χ4v) is 3.02. The molecule has 1 aliphatic rings. The van der Waals surface area contributed by atoms with E-state index in [1.54, 1.807) is 44.9 Å². The molecule has 132 valence electrons. The summed E-state index contributed by atoms with van der Waals surface area (Å²) in [7, 11) is 0. The van der Waals surface area contributed by atoms with Crippen LogP contribution in [0.2, 0.25) is 0 Å². The van der Waals surface area contributed by atoms with Crippen molar-refractivity contribution in [3.05, 3.63) is 70.7 Å². The third-order valence-corrected chi connectivity index (χ3v) is 4.24. The Morgan fingerprint density at radius 3 is 2.92 bits per heavy atom. The number of hydrogen-bond donors (Lipinski definition) is 0. The zero-order valence-electron chi connectivity index (χ0n) is 14.0. The van der Waals surface area contributed by atoms with Crippen LogP contribution in [0, 0.1) is 0 Å². The van der Waals surface area contributed by atoms with Gasteiger partial charge in [-0.25, -0.2) is 14.6 Å². The average Bonchev–Trinajstić information content (AvgIpc) is 3.06. The molecule has 0 saturated carbocycles. The van der Waals surface area contributed by atoms with Crippen molar-refractivity contribution in [2.45, 2.75) is 26.1 Å². The molecule has 3 aromatic rings. The van der Waals surface area contributed by atoms with E-state index in [1.165, 1.54) is 12.4 Å². The van der Waals surface area contributed by atoms with Gasteiger partial charge in [-0.3, -0.25) is 19.1 Å². The smallest absolute Gasteiger partial charge is 0.272 e. The van der Waals surface area contributed by atoms with Crippen molar-refractivity contribution in [1.82, 2.24) is 34.2 Å². The van der Waals surface area contributed by atoms with E-state index in [4.69, 9.17) is 0 Å². The van der Waals surface area contributed by atoms with E-state index in [0.717, 1.165) is 0 Å². The number of rotatable bonds is 3. The summed E-state index contributed by atoms with van der Waals surface area (Å²) in [5.74, 6) is 0.421. The van der Waals surface area contributed by atoms with Crippen LogP contribution in [0.15, 0.2) is 47.9 Å². The van der Waals surface area contributed by atoms with Gasteiger partial charge in [-0.1, -0.05) is 6.07 Å². The molecule has 0 aliphatic carbocycles. The van der Waals surface area contributed by atoms with Crippen molar-refractivity contribution in [1.29, 1.82) is 0 Å². The van der Waals surface area contributed by atoms with Gasteiger partial charge in [0.2, 0.25) is 0 Å². The van der Waals surface area contributed by atoms with Crippen molar-refractivity contribution < 1.29 is 4.79 Å². The number of amides is 1. The molecule has 0 N–H and O–H groups in total. The Kier molecular flexibility index (Phi) is 4.26. The summed E-state index contributed by atoms with van der Waals surface area (Å²) in [6.45, 7) is 1.72. The molecule has 0 unspecified atom stereocenters. The van der Waals surface area contributed by atoms with E-state index in [9.17, 15) is 9.59 Å². The monoisotopic (exact) mass is 351 g/mol. The maximum absolute atomic E-state index is 12.7. The highest BCUT2D eigenvalue weighted by Crippen LogP contribution is 2.12. The third kappa shape index (κ3) is 3.23. The number of carbonyl (C=O) groups excluding carboxylic acids is 1. The molecule has 0 radical (unpaired) electrons. The normalized spacial score (nSPS) is 13.9. The Morgan fingerprint density at radius 2 is 2.15 bits per heavy atom. The van der Waals surface area contributed by atoms with Crippen molar-refractivity contribution >= 4 is 5.91 Å². The number of carbonyl (C=O) groups is 1. The first-order valence-electron chi connectivity index (χ1n) is 8.33. The van der Waals surface area contributed by atoms with Crippen LogP contribution >= 0.6 is 0 Å². The minimum atomic E-state index is -0.157. The standard InChI is InChI=1S/C17H17N7O2/c25-16-8-13(9-23-12-18-11-20-23)21-15-10-22(6-3-7-24(15)16)17(26)14-4-1-2-5-19-14/h1-2,4-5,8,11-12H,3,6-7,9-10H2. The van der Waals surface area contributed by atoms with Gasteiger partial charge in [0.25, 0.3) is 11.5 Å². The largest absolute Gasteiger partial charge is 0.330 e. The van der Waals surface area contributed by atoms with Crippen LogP contribution in [0.1, 0.15) is 28.4 Å². The first kappa shape index (κ1) is 16.1. The Hall–Kier alpha value is -3.36. The van der Waals surface area contributed by atoms with Gasteiger partial charge >= 0.3 is 0 Å². The summed E-state index contributed by atoms with van der Waals surface area (Å²) < 4.78 is 3.24. The highest BCUT2D eigenvalue weighted by Gasteiger charge is 2.22. The maximum atomic E-state index is 12.7. The van der Waals surface area contributed by atoms with Crippen LogP contribution in [0.4, 0.5) is 0 Å². The summed E-state index contributed by atoms with van der Waals surface area (Å²) in [6.07, 6.45) is 5.29. The van der Waals surface area contributed by atoms with Gasteiger partial charge in [-0.15, -0.1) is 0 Å². The van der Waals surface area contributed by atoms with Gasteiger partial charge in [0, 0.05) is 25.4 Å². The lowest BCUT2D eigenvalue weighted by atomic mass is 10.3. The zero-order chi connectivity index (χ0) is 17.9. The van der Waals surface area contributed by atoms with Crippen molar-refractivity contribution in [3.8, 4) is 0 Å². The molecule has 0 fully saturated rings. The Morgan fingerprint density at radius 1 is 1.23 bits per heavy atom. The molecular weight excluding hydrogens is 334 g/mol. The third-order valence-electron chi connectivity index (χ3n) is 4.24. The van der Waals surface area contributed by atoms with E-state index in [1.807, 2.05) is 0 Å². The predicted octanol–water partition coefficient (Wildman–Crippen LogP) is 0.324. The SMILES string of the molecule is O=C(c1ccccn1)N1CCCn2c(nc(Cn3cncn3)cc2=O)C1. The molecule has 9 heteroatoms. The lowest BCUT2D eigenvalue weighted by Gasteiger charge is -2.19. The van der Waals surface area contributed by atoms with Crippen LogP contribution in [-0.4, -0.2) is 46.7 Å². The van der Waals surface area contributed by atoms with Gasteiger partial charge in [0.05, 0.1) is 18.8 Å². The highest BCUT2D eigenvalue weighted by atomic mass is 16.2. The molecule has 0 spiro atoms. The van der Waals surface area contributed by atoms with Crippen LogP contribution in [-0.2, 0) is 19.6 Å². The molecule has 4 heterocycles. The van der Waals surface area contributed by atoms with Crippen LogP contribution < -0.4 is 5.56 Å². The summed E-state index contributed by atoms with van der Waals surface area (Å²) >= 11 is 0. The van der Waals surface area contributed by atoms with Crippen molar-refractivity contribution in [2.24, 2.45) is 0 Å². The molecule has 0 atom stereocenters. The number of hydrogen-bond acceptors (Lipinski definition) is 6. The molecular formula is C17H17N7O2. The van der Waals surface area contributed by atoms with Gasteiger partial charge in [-0.2, -0.15) is 5.10 Å². The highest BCUT2D eigenvalue weighted by molar-refractivity contribution is 5.92. The quantitative estimate of drug-likeness (QED) is 0.674. The number of nitrogens with zero attached hydrogens (tertiary/aromatic N) is 7. The topological polar surface area (TPSA) is 98.8 Å². The predicted molar refractivity (Wildman–Crippen MR) is 91.2 cm³/mol. The fraction of sp³-hybridized carbons (Fsp3) is 0.294. The van der Waals surface area contributed by atoms with Crippen LogP contribution in [0.3, 0.4) is 0 Å². The van der Waals surface area contributed by atoms with Gasteiger partial charge in [0.1, 0.15) is 24.2 Å². The Balaban J connectivity index is 1.63. The number of aromatic nitrogens is 6. The molecule has 4 rings (SSSR count). The Bertz CT molecular complexity index is 967. The van der Waals surface area contributed by atoms with E-state index in [0.29, 0.717) is 43.3 Å². The second kappa shape index (κ2) is 6.87. The molecule has 0 aromatic carbocycles. The fourth-order valence-electron chi connectivity index (χ4n) is 3.02. The number of fused-ring (bicyclic) bond motifs is 1. The van der Waals surface area contributed by atoms with Gasteiger partial charge < -0.3 is 4.90 Å². The van der Waals surface area contributed by atoms with E-state index < -0.39 is 0 Å². The first-order valence-corrected chi connectivity index (χ1v) is 8.33. The summed E-state index contributed by atoms with van der Waals surface area (Å²) in [6, 6.07) is 6.76. The second-order valence-corrected chi connectivity index (χ2v) is 6.04. The van der Waals surface area contributed by atoms with Crippen molar-refractivity contribution in [3.63, 3.8) is 0 Å². The van der Waals surface area contributed by atoms with Gasteiger partial charge in [0.15, 0.2) is 0 Å². The molecule has 9 nitrogen and oxygen atoms in total. The molecule has 3 aromatic heterocycles. The van der Waals surface area contributed by atoms with Gasteiger partial charge in [-0.05, 0) is 18.6 Å². The zero-order valence-corrected chi connectivity index (χ0v) is 14.0. The first-order chi connectivity index (χ1) is 12.7. The number of pyridine rings is 1. The maximum Gasteiger partial charge on any atom is 0.272 e. The van der Waals surface area contributed by atoms with Crippen LogP contribution in [0.25, 0.3) is 0 Å².